The molecule has 0 amide bonds. The Hall–Kier alpha value is -1.96. The second kappa shape index (κ2) is 9.30. The maximum atomic E-state index is 4.35. The molecule has 0 spiro atoms. The molecule has 0 aromatic carbocycles. The van der Waals surface area contributed by atoms with Crippen molar-refractivity contribution in [3.8, 4) is 0 Å². The molecule has 3 nitrogen and oxygen atoms in total. The molecule has 3 rings (SSSR count). The van der Waals surface area contributed by atoms with Crippen LogP contribution < -0.4 is 5.32 Å². The summed E-state index contributed by atoms with van der Waals surface area (Å²) < 4.78 is 0. The second-order valence-corrected chi connectivity index (χ2v) is 7.89. The van der Waals surface area contributed by atoms with Crippen LogP contribution in [-0.2, 0) is 0 Å². The highest BCUT2D eigenvalue weighted by Gasteiger charge is 2.29. The van der Waals surface area contributed by atoms with Crippen LogP contribution in [0.25, 0.3) is 0 Å². The third-order valence-corrected chi connectivity index (χ3v) is 6.01. The molecule has 2 aliphatic heterocycles. The normalized spacial score (nSPS) is 25.5. The van der Waals surface area contributed by atoms with Crippen molar-refractivity contribution < 1.29 is 0 Å². The predicted octanol–water partition coefficient (Wildman–Crippen LogP) is 5.09. The van der Waals surface area contributed by atoms with E-state index in [0.717, 1.165) is 57.1 Å². The quantitative estimate of drug-likeness (QED) is 0.700. The summed E-state index contributed by atoms with van der Waals surface area (Å²) in [5.74, 6) is 2.18. The average Bonchev–Trinajstić information content (AvgIpc) is 2.86. The van der Waals surface area contributed by atoms with Gasteiger partial charge in [0.25, 0.3) is 0 Å². The number of nitrogens with one attached hydrogen (secondary N) is 1. The minimum absolute atomic E-state index is 0.825. The molecule has 146 valence electrons. The van der Waals surface area contributed by atoms with E-state index in [4.69, 9.17) is 0 Å². The zero-order valence-corrected chi connectivity index (χ0v) is 17.2. The number of hydrogen-bond donors (Lipinski definition) is 1. The summed E-state index contributed by atoms with van der Waals surface area (Å²) in [7, 11) is 0. The van der Waals surface area contributed by atoms with Gasteiger partial charge in [-0.25, -0.2) is 0 Å². The van der Waals surface area contributed by atoms with Crippen LogP contribution in [0.3, 0.4) is 0 Å². The van der Waals surface area contributed by atoms with E-state index >= 15 is 0 Å². The van der Waals surface area contributed by atoms with Gasteiger partial charge in [0, 0.05) is 55.1 Å². The number of allylic oxidation sites excluding steroid dienone is 5. The van der Waals surface area contributed by atoms with E-state index in [1.165, 1.54) is 41.9 Å². The molecule has 1 N–H and O–H groups in total. The Balaban J connectivity index is 2.17. The average molecular weight is 366 g/mol. The van der Waals surface area contributed by atoms with E-state index in [1.807, 2.05) is 6.08 Å². The summed E-state index contributed by atoms with van der Waals surface area (Å²) in [6.07, 6.45) is 13.2. The summed E-state index contributed by atoms with van der Waals surface area (Å²) in [4.78, 5) is 4.96. The van der Waals surface area contributed by atoms with Crippen molar-refractivity contribution in [1.82, 2.24) is 15.1 Å². The smallest absolute Gasteiger partial charge is 0.117 e. The first-order valence-corrected chi connectivity index (χ1v) is 10.6. The van der Waals surface area contributed by atoms with E-state index in [1.54, 1.807) is 0 Å². The molecule has 1 saturated heterocycles. The summed E-state index contributed by atoms with van der Waals surface area (Å²) in [6, 6.07) is 0. The predicted molar refractivity (Wildman–Crippen MR) is 115 cm³/mol. The lowest BCUT2D eigenvalue weighted by atomic mass is 9.97. The van der Waals surface area contributed by atoms with Crippen molar-refractivity contribution in [3.05, 3.63) is 65.5 Å². The van der Waals surface area contributed by atoms with Crippen LogP contribution in [-0.4, -0.2) is 36.0 Å². The number of nitrogens with zero attached hydrogens (tertiary/aromatic N) is 2. The fourth-order valence-electron chi connectivity index (χ4n) is 4.51. The van der Waals surface area contributed by atoms with Crippen molar-refractivity contribution in [2.45, 2.75) is 52.4 Å². The molecule has 0 radical (unpaired) electrons. The molecule has 2 heterocycles. The van der Waals surface area contributed by atoms with E-state index in [-0.39, 0.29) is 0 Å². The molecule has 3 aliphatic rings. The lowest BCUT2D eigenvalue weighted by molar-refractivity contribution is 0.232. The van der Waals surface area contributed by atoms with Crippen LogP contribution in [0.2, 0.25) is 0 Å². The van der Waals surface area contributed by atoms with Crippen LogP contribution in [0.4, 0.5) is 0 Å². The molecular formula is C24H35N3. The fourth-order valence-corrected chi connectivity index (χ4v) is 4.51. The van der Waals surface area contributed by atoms with Gasteiger partial charge in [-0.05, 0) is 50.7 Å². The van der Waals surface area contributed by atoms with Gasteiger partial charge in [-0.2, -0.15) is 0 Å². The molecule has 1 saturated carbocycles. The van der Waals surface area contributed by atoms with Gasteiger partial charge >= 0.3 is 0 Å². The van der Waals surface area contributed by atoms with Crippen LogP contribution in [0.5, 0.6) is 0 Å². The molecule has 27 heavy (non-hydrogen) atoms. The monoisotopic (exact) mass is 365 g/mol. The van der Waals surface area contributed by atoms with Crippen molar-refractivity contribution in [2.24, 2.45) is 5.92 Å². The Morgan fingerprint density at radius 3 is 2.70 bits per heavy atom. The lowest BCUT2D eigenvalue weighted by Crippen LogP contribution is -2.47. The van der Waals surface area contributed by atoms with Crippen LogP contribution in [0.15, 0.2) is 65.5 Å². The Bertz CT molecular complexity index is 697. The standard InChI is InChI=1S/C24H35N3/c1-5-8-22-10-7-9-21-13-11-20(6-2)12-14-23(21)24(27(22)19(3)4)26-17-15-25-16-18-26/h5,7-8,20,25H,1,3,6,10-18H2,2,4H3. The highest BCUT2D eigenvalue weighted by Crippen LogP contribution is 2.39. The Kier molecular flexibility index (Phi) is 6.82. The molecule has 1 atom stereocenters. The first-order chi connectivity index (χ1) is 13.2. The number of piperazine rings is 1. The highest BCUT2D eigenvalue weighted by molar-refractivity contribution is 5.40. The van der Waals surface area contributed by atoms with Gasteiger partial charge in [0.1, 0.15) is 5.82 Å². The molecule has 0 aromatic rings. The van der Waals surface area contributed by atoms with Crippen LogP contribution in [0, 0.1) is 5.92 Å². The zero-order valence-electron chi connectivity index (χ0n) is 17.2. The molecule has 3 heteroatoms. The molecule has 0 aromatic heterocycles. The van der Waals surface area contributed by atoms with Crippen molar-refractivity contribution in [3.63, 3.8) is 0 Å². The van der Waals surface area contributed by atoms with Gasteiger partial charge in [0.05, 0.1) is 0 Å². The Morgan fingerprint density at radius 1 is 1.30 bits per heavy atom. The SMILES string of the molecule is C=CC=C1CC=C=C2CCC(CC)CCC2=C(N2CCNCC2)N1C(=C)C. The highest BCUT2D eigenvalue weighted by atomic mass is 15.4. The molecular weight excluding hydrogens is 330 g/mol. The maximum Gasteiger partial charge on any atom is 0.117 e. The lowest BCUT2D eigenvalue weighted by Gasteiger charge is -2.41. The van der Waals surface area contributed by atoms with E-state index in [9.17, 15) is 0 Å². The maximum absolute atomic E-state index is 4.35. The minimum Gasteiger partial charge on any atom is -0.355 e. The Morgan fingerprint density at radius 2 is 2.04 bits per heavy atom. The Labute approximate surface area is 165 Å². The second-order valence-electron chi connectivity index (χ2n) is 7.89. The number of hydrogen-bond acceptors (Lipinski definition) is 3. The summed E-state index contributed by atoms with van der Waals surface area (Å²) in [5.41, 5.74) is 8.91. The van der Waals surface area contributed by atoms with Crippen molar-refractivity contribution in [2.75, 3.05) is 26.2 Å². The van der Waals surface area contributed by atoms with Gasteiger partial charge in [-0.1, -0.05) is 32.6 Å². The molecule has 2 fully saturated rings. The zero-order chi connectivity index (χ0) is 19.2. The fraction of sp³-hybridized carbons (Fsp3) is 0.542. The molecule has 1 unspecified atom stereocenters. The van der Waals surface area contributed by atoms with E-state index < -0.39 is 0 Å². The minimum atomic E-state index is 0.825. The first-order valence-electron chi connectivity index (χ1n) is 10.6. The van der Waals surface area contributed by atoms with Crippen molar-refractivity contribution >= 4 is 0 Å². The first kappa shape index (κ1) is 19.8. The number of rotatable bonds is 4. The molecule has 0 bridgehead atoms. The van der Waals surface area contributed by atoms with Gasteiger partial charge in [-0.15, -0.1) is 5.73 Å². The van der Waals surface area contributed by atoms with E-state index in [0.29, 0.717) is 0 Å². The van der Waals surface area contributed by atoms with Gasteiger partial charge in [0.15, 0.2) is 0 Å². The number of fused-ring (bicyclic) bond motifs is 1. The van der Waals surface area contributed by atoms with Gasteiger partial charge in [-0.3, -0.25) is 0 Å². The summed E-state index contributed by atoms with van der Waals surface area (Å²) in [6.45, 7) is 16.9. The van der Waals surface area contributed by atoms with Crippen LogP contribution in [0.1, 0.15) is 52.4 Å². The van der Waals surface area contributed by atoms with E-state index in [2.05, 4.69) is 60.0 Å². The van der Waals surface area contributed by atoms with Gasteiger partial charge < -0.3 is 15.1 Å². The third kappa shape index (κ3) is 4.48. The van der Waals surface area contributed by atoms with Crippen molar-refractivity contribution in [1.29, 1.82) is 0 Å². The van der Waals surface area contributed by atoms with Gasteiger partial charge in [0.2, 0.25) is 0 Å². The topological polar surface area (TPSA) is 18.5 Å². The molecule has 1 aliphatic carbocycles. The summed E-state index contributed by atoms with van der Waals surface area (Å²) in [5, 5.41) is 3.50. The van der Waals surface area contributed by atoms with Crippen LogP contribution >= 0.6 is 0 Å². The summed E-state index contributed by atoms with van der Waals surface area (Å²) >= 11 is 0. The third-order valence-electron chi connectivity index (χ3n) is 6.01. The largest absolute Gasteiger partial charge is 0.355 e.